The molecule has 39 heavy (non-hydrogen) atoms. The molecule has 3 N–H and O–H groups in total. The van der Waals surface area contributed by atoms with Crippen molar-refractivity contribution >= 4 is 28.7 Å². The first-order valence-corrected chi connectivity index (χ1v) is 12.2. The van der Waals surface area contributed by atoms with E-state index in [1.807, 2.05) is 0 Å². The predicted octanol–water partition coefficient (Wildman–Crippen LogP) is 2.47. The first-order valence-electron chi connectivity index (χ1n) is 12.2. The molecule has 204 valence electrons. The monoisotopic (exact) mass is 541 g/mol. The van der Waals surface area contributed by atoms with E-state index in [-0.39, 0.29) is 53.3 Å². The molecule has 1 aliphatic carbocycles. The molecule has 5 rings (SSSR count). The van der Waals surface area contributed by atoms with E-state index in [0.717, 1.165) is 6.07 Å². The number of primary amides is 1. The summed E-state index contributed by atoms with van der Waals surface area (Å²) in [5.41, 5.74) is 6.20. The van der Waals surface area contributed by atoms with Crippen LogP contribution in [0, 0.1) is 17.7 Å². The minimum atomic E-state index is -2.84. The van der Waals surface area contributed by atoms with Crippen molar-refractivity contribution in [1.82, 2.24) is 24.2 Å². The summed E-state index contributed by atoms with van der Waals surface area (Å²) in [7, 11) is 3.14. The molecule has 3 heterocycles. The third-order valence-corrected chi connectivity index (χ3v) is 7.06. The van der Waals surface area contributed by atoms with Crippen LogP contribution in [-0.2, 0) is 9.53 Å². The number of alkyl halides is 2. The second kappa shape index (κ2) is 9.77. The Balaban J connectivity index is 1.51. The molecule has 3 aromatic rings. The number of anilines is 1. The number of nitrogens with one attached hydrogen (secondary N) is 1. The number of carbonyl (C=O) groups is 2. The molecule has 13 heteroatoms. The number of aromatic nitrogens is 4. The van der Waals surface area contributed by atoms with E-state index in [9.17, 15) is 22.8 Å². The number of likely N-dealkylation sites (tertiary alicyclic amines) is 1. The highest BCUT2D eigenvalue weighted by Crippen LogP contribution is 2.53. The van der Waals surface area contributed by atoms with Crippen molar-refractivity contribution in [2.24, 2.45) is 5.73 Å². The second-order valence-electron chi connectivity index (χ2n) is 9.53. The Morgan fingerprint density at radius 3 is 2.72 bits per heavy atom. The van der Waals surface area contributed by atoms with Crippen molar-refractivity contribution in [2.75, 3.05) is 32.6 Å². The van der Waals surface area contributed by atoms with Crippen LogP contribution in [0.1, 0.15) is 46.5 Å². The van der Waals surface area contributed by atoms with E-state index < -0.39 is 23.7 Å². The number of amides is 2. The molecule has 2 aromatic heterocycles. The number of halogens is 3. The first kappa shape index (κ1) is 26.3. The zero-order chi connectivity index (χ0) is 28.1. The largest absolute Gasteiger partial charge is 0.383 e. The highest BCUT2D eigenvalue weighted by atomic mass is 19.3. The number of fused-ring (bicyclic) bond motifs is 1. The van der Waals surface area contributed by atoms with Crippen LogP contribution in [-0.4, -0.2) is 75.3 Å². The average molecular weight is 542 g/mol. The van der Waals surface area contributed by atoms with E-state index in [1.165, 1.54) is 30.1 Å². The fourth-order valence-corrected chi connectivity index (χ4v) is 5.09. The van der Waals surface area contributed by atoms with Gasteiger partial charge >= 0.3 is 0 Å². The third-order valence-electron chi connectivity index (χ3n) is 7.06. The lowest BCUT2D eigenvalue weighted by Gasteiger charge is -2.22. The van der Waals surface area contributed by atoms with Gasteiger partial charge in [0.2, 0.25) is 5.91 Å². The first-order chi connectivity index (χ1) is 18.6. The van der Waals surface area contributed by atoms with E-state index >= 15 is 0 Å². The maximum Gasteiger partial charge on any atom is 0.270 e. The van der Waals surface area contributed by atoms with Crippen molar-refractivity contribution in [3.05, 3.63) is 53.8 Å². The van der Waals surface area contributed by atoms with Crippen molar-refractivity contribution in [1.29, 1.82) is 0 Å². The summed E-state index contributed by atoms with van der Waals surface area (Å²) in [6.45, 7) is 4.14. The number of carbonyl (C=O) groups excluding carboxylic acids is 2. The van der Waals surface area contributed by atoms with Gasteiger partial charge in [-0.2, -0.15) is 5.10 Å². The Bertz CT molecular complexity index is 1550. The lowest BCUT2D eigenvalue weighted by Crippen LogP contribution is -2.37. The SMILES string of the molecule is C=CC(=O)N1C[C@@H](n2nc(C#Cc3cc4ncn([C@@H]5CC5(F)F)c4cc3F)c(C(N)=O)c2NC)C[C@@H]1COC. The highest BCUT2D eigenvalue weighted by molar-refractivity contribution is 6.00. The summed E-state index contributed by atoms with van der Waals surface area (Å²) in [6, 6.07) is 0.870. The number of methoxy groups -OCH3 is 1. The summed E-state index contributed by atoms with van der Waals surface area (Å²) < 4.78 is 50.1. The summed E-state index contributed by atoms with van der Waals surface area (Å²) in [5.74, 6) is 1.10. The smallest absolute Gasteiger partial charge is 0.270 e. The van der Waals surface area contributed by atoms with Crippen LogP contribution in [0.4, 0.5) is 19.0 Å². The van der Waals surface area contributed by atoms with Gasteiger partial charge in [-0.1, -0.05) is 12.5 Å². The fourth-order valence-electron chi connectivity index (χ4n) is 5.09. The van der Waals surface area contributed by atoms with Crippen LogP contribution >= 0.6 is 0 Å². The standard InChI is InChI=1S/C26H26F3N7O3/c1-4-22(37)34-11-15(8-16(34)12-39-3)36-25(31-2)23(24(30)38)18(33-36)6-5-14-7-19-20(9-17(14)27)35(13-32-19)21-10-26(21,28)29/h4,7,9,13,15-16,21,31H,1,8,10-12H2,2-3H3,(H2,30,38)/t15-,16+,21+/m0/s1. The van der Waals surface area contributed by atoms with Crippen LogP contribution in [0.5, 0.6) is 0 Å². The maximum atomic E-state index is 15.0. The predicted molar refractivity (Wildman–Crippen MR) is 136 cm³/mol. The molecular weight excluding hydrogens is 515 g/mol. The molecular formula is C26H26F3N7O3. The molecule has 2 amide bonds. The van der Waals surface area contributed by atoms with Gasteiger partial charge in [0.15, 0.2) is 5.69 Å². The van der Waals surface area contributed by atoms with Gasteiger partial charge in [-0.3, -0.25) is 9.59 Å². The maximum absolute atomic E-state index is 15.0. The van der Waals surface area contributed by atoms with Gasteiger partial charge in [0.1, 0.15) is 23.2 Å². The number of ether oxygens (including phenoxy) is 1. The lowest BCUT2D eigenvalue weighted by molar-refractivity contribution is -0.127. The Morgan fingerprint density at radius 1 is 1.36 bits per heavy atom. The Kier molecular flexibility index (Phi) is 6.59. The van der Waals surface area contributed by atoms with Crippen molar-refractivity contribution < 1.29 is 27.5 Å². The van der Waals surface area contributed by atoms with Crippen LogP contribution in [0.25, 0.3) is 11.0 Å². The molecule has 0 bridgehead atoms. The molecule has 1 aliphatic heterocycles. The van der Waals surface area contributed by atoms with Crippen LogP contribution in [0.3, 0.4) is 0 Å². The summed E-state index contributed by atoms with van der Waals surface area (Å²) >= 11 is 0. The molecule has 1 aromatic carbocycles. The number of imidazole rings is 1. The third kappa shape index (κ3) is 4.61. The van der Waals surface area contributed by atoms with Crippen LogP contribution < -0.4 is 11.1 Å². The molecule has 0 spiro atoms. The zero-order valence-electron chi connectivity index (χ0n) is 21.2. The van der Waals surface area contributed by atoms with Crippen LogP contribution in [0.2, 0.25) is 0 Å². The minimum Gasteiger partial charge on any atom is -0.383 e. The number of nitrogens with zero attached hydrogens (tertiary/aromatic N) is 5. The number of hydrogen-bond acceptors (Lipinski definition) is 6. The van der Waals surface area contributed by atoms with Crippen molar-refractivity contribution in [3.8, 4) is 11.8 Å². The topological polar surface area (TPSA) is 120 Å². The van der Waals surface area contributed by atoms with E-state index in [4.69, 9.17) is 10.5 Å². The number of hydrogen-bond donors (Lipinski definition) is 2. The van der Waals surface area contributed by atoms with E-state index in [1.54, 1.807) is 16.6 Å². The molecule has 0 unspecified atom stereocenters. The fraction of sp³-hybridized carbons (Fsp3) is 0.385. The van der Waals surface area contributed by atoms with Crippen molar-refractivity contribution in [3.63, 3.8) is 0 Å². The van der Waals surface area contributed by atoms with Gasteiger partial charge in [0.05, 0.1) is 41.6 Å². The Labute approximate surface area is 221 Å². The Morgan fingerprint density at radius 2 is 2.10 bits per heavy atom. The van der Waals surface area contributed by atoms with Gasteiger partial charge in [-0.05, 0) is 24.5 Å². The van der Waals surface area contributed by atoms with Gasteiger partial charge < -0.3 is 25.3 Å². The van der Waals surface area contributed by atoms with Gasteiger partial charge in [-0.15, -0.1) is 0 Å². The second-order valence-corrected chi connectivity index (χ2v) is 9.53. The molecule has 3 atom stereocenters. The molecule has 1 saturated carbocycles. The number of benzene rings is 1. The molecule has 0 radical (unpaired) electrons. The number of rotatable bonds is 7. The summed E-state index contributed by atoms with van der Waals surface area (Å²) in [4.78, 5) is 30.6. The highest BCUT2D eigenvalue weighted by Gasteiger charge is 2.58. The zero-order valence-corrected chi connectivity index (χ0v) is 21.2. The Hall–Kier alpha value is -4.31. The average Bonchev–Trinajstić information content (AvgIpc) is 3.28. The van der Waals surface area contributed by atoms with Gasteiger partial charge in [0, 0.05) is 33.2 Å². The van der Waals surface area contributed by atoms with Crippen molar-refractivity contribution in [2.45, 2.75) is 36.9 Å². The lowest BCUT2D eigenvalue weighted by atomic mass is 10.1. The molecule has 1 saturated heterocycles. The van der Waals surface area contributed by atoms with Crippen LogP contribution in [0.15, 0.2) is 31.1 Å². The molecule has 2 fully saturated rings. The summed E-state index contributed by atoms with van der Waals surface area (Å²) in [6.07, 6.45) is 2.66. The summed E-state index contributed by atoms with van der Waals surface area (Å²) in [5, 5.41) is 7.44. The number of nitrogens with two attached hydrogens (primary N) is 1. The van der Waals surface area contributed by atoms with Gasteiger partial charge in [0.25, 0.3) is 11.8 Å². The normalized spacial score (nSPS) is 21.5. The molecule has 10 nitrogen and oxygen atoms in total. The minimum absolute atomic E-state index is 0.0171. The van der Waals surface area contributed by atoms with Gasteiger partial charge in [-0.25, -0.2) is 22.8 Å². The molecule has 2 aliphatic rings. The quantitative estimate of drug-likeness (QED) is 0.350. The van der Waals surface area contributed by atoms with E-state index in [2.05, 4.69) is 33.8 Å². The van der Waals surface area contributed by atoms with E-state index in [0.29, 0.717) is 24.4 Å².